The van der Waals surface area contributed by atoms with E-state index in [2.05, 4.69) is 155 Å². The molecule has 4 nitrogen and oxygen atoms in total. The molecule has 0 atom stereocenters. The molecule has 0 fully saturated rings. The number of hydrogen-bond acceptors (Lipinski definition) is 2. The highest BCUT2D eigenvalue weighted by Crippen LogP contribution is 2.43. The summed E-state index contributed by atoms with van der Waals surface area (Å²) in [4.78, 5) is 0. The standard InChI is InChI=1S/C48H28N2O2/c1-7-19-39(49-41-21-9-3-15-31(41)35-27-47-37(25-43(35)49)33-17-5-11-23-45(33)51-47)29(13-1)30-14-2-8-20-40(30)50-42-22-10-4-16-32(42)36-28-48-38(26-44(36)50)34-18-6-12-24-46(34)52-48/h1-28H. The van der Waals surface area contributed by atoms with Gasteiger partial charge in [-0.05, 0) is 60.7 Å². The Bertz CT molecular complexity index is 3190. The SMILES string of the molecule is c1ccc(-n2c3ccccc3c3cc4oc5ccccc5c4cc32)c(-c2ccccc2-n2c3ccccc3c3cc4oc5ccccc5c4cc32)c1. The summed E-state index contributed by atoms with van der Waals surface area (Å²) < 4.78 is 17.6. The van der Waals surface area contributed by atoms with Crippen LogP contribution in [0.2, 0.25) is 0 Å². The smallest absolute Gasteiger partial charge is 0.136 e. The molecule has 0 spiro atoms. The minimum absolute atomic E-state index is 0.904. The topological polar surface area (TPSA) is 36.1 Å². The maximum atomic E-state index is 6.37. The number of hydrogen-bond donors (Lipinski definition) is 0. The van der Waals surface area contributed by atoms with Crippen LogP contribution in [0.15, 0.2) is 179 Å². The largest absolute Gasteiger partial charge is 0.456 e. The van der Waals surface area contributed by atoms with Crippen LogP contribution in [0, 0.1) is 0 Å². The number of fused-ring (bicyclic) bond motifs is 12. The lowest BCUT2D eigenvalue weighted by molar-refractivity contribution is 0.669. The molecule has 4 heteroatoms. The molecule has 0 saturated heterocycles. The van der Waals surface area contributed by atoms with Crippen molar-refractivity contribution in [3.63, 3.8) is 0 Å². The van der Waals surface area contributed by atoms with Crippen molar-refractivity contribution in [3.8, 4) is 22.5 Å². The Labute approximate surface area is 296 Å². The van der Waals surface area contributed by atoms with Crippen LogP contribution >= 0.6 is 0 Å². The molecule has 0 N–H and O–H groups in total. The van der Waals surface area contributed by atoms with E-state index >= 15 is 0 Å². The Hall–Kier alpha value is -7.04. The highest BCUT2D eigenvalue weighted by atomic mass is 16.3. The van der Waals surface area contributed by atoms with Crippen molar-refractivity contribution in [1.82, 2.24) is 9.13 Å². The van der Waals surface area contributed by atoms with E-state index in [1.807, 2.05) is 24.3 Å². The molecule has 0 saturated carbocycles. The fraction of sp³-hybridized carbons (Fsp3) is 0. The summed E-state index contributed by atoms with van der Waals surface area (Å²) in [5, 5.41) is 9.22. The van der Waals surface area contributed by atoms with Gasteiger partial charge in [0.15, 0.2) is 0 Å². The third-order valence-electron chi connectivity index (χ3n) is 10.9. The third kappa shape index (κ3) is 3.70. The van der Waals surface area contributed by atoms with Gasteiger partial charge in [0.1, 0.15) is 22.3 Å². The molecule has 0 unspecified atom stereocenters. The number of nitrogens with zero attached hydrogens (tertiary/aromatic N) is 2. The Morgan fingerprint density at radius 1 is 0.269 bits per heavy atom. The third-order valence-corrected chi connectivity index (χ3v) is 10.9. The van der Waals surface area contributed by atoms with E-state index in [1.54, 1.807) is 0 Å². The zero-order chi connectivity index (χ0) is 33.9. The van der Waals surface area contributed by atoms with E-state index < -0.39 is 0 Å². The quantitative estimate of drug-likeness (QED) is 0.188. The molecule has 0 radical (unpaired) electrons. The van der Waals surface area contributed by atoms with Crippen LogP contribution in [0.3, 0.4) is 0 Å². The Kier molecular flexibility index (Phi) is 5.47. The van der Waals surface area contributed by atoms with E-state index in [0.29, 0.717) is 0 Å². The summed E-state index contributed by atoms with van der Waals surface area (Å²) in [5.74, 6) is 0. The first-order valence-electron chi connectivity index (χ1n) is 17.7. The maximum Gasteiger partial charge on any atom is 0.136 e. The van der Waals surface area contributed by atoms with Crippen LogP contribution in [0.25, 0.3) is 110 Å². The summed E-state index contributed by atoms with van der Waals surface area (Å²) in [6.07, 6.45) is 0. The van der Waals surface area contributed by atoms with Crippen molar-refractivity contribution in [2.45, 2.75) is 0 Å². The predicted octanol–water partition coefficient (Wildman–Crippen LogP) is 13.3. The van der Waals surface area contributed by atoms with Gasteiger partial charge in [-0.15, -0.1) is 0 Å². The van der Waals surface area contributed by atoms with Gasteiger partial charge in [0, 0.05) is 54.2 Å². The molecular formula is C48H28N2O2. The zero-order valence-electron chi connectivity index (χ0n) is 27.9. The normalized spacial score (nSPS) is 12.2. The van der Waals surface area contributed by atoms with E-state index in [0.717, 1.165) is 88.4 Å². The van der Waals surface area contributed by atoms with E-state index in [1.165, 1.54) is 21.5 Å². The van der Waals surface area contributed by atoms with Crippen LogP contribution < -0.4 is 0 Å². The van der Waals surface area contributed by atoms with Crippen molar-refractivity contribution in [2.24, 2.45) is 0 Å². The second-order valence-corrected chi connectivity index (χ2v) is 13.7. The molecular weight excluding hydrogens is 637 g/mol. The molecule has 242 valence electrons. The Morgan fingerprint density at radius 2 is 0.654 bits per heavy atom. The van der Waals surface area contributed by atoms with Crippen molar-refractivity contribution >= 4 is 87.5 Å². The van der Waals surface area contributed by atoms with E-state index in [4.69, 9.17) is 8.83 Å². The number of rotatable bonds is 3. The van der Waals surface area contributed by atoms with Gasteiger partial charge >= 0.3 is 0 Å². The van der Waals surface area contributed by atoms with Crippen molar-refractivity contribution in [2.75, 3.05) is 0 Å². The number of aromatic nitrogens is 2. The van der Waals surface area contributed by atoms with Crippen molar-refractivity contribution in [3.05, 3.63) is 170 Å². The van der Waals surface area contributed by atoms with Gasteiger partial charge in [-0.2, -0.15) is 0 Å². The van der Waals surface area contributed by atoms with Crippen LogP contribution in [0.4, 0.5) is 0 Å². The Morgan fingerprint density at radius 3 is 1.13 bits per heavy atom. The predicted molar refractivity (Wildman–Crippen MR) is 215 cm³/mol. The second-order valence-electron chi connectivity index (χ2n) is 13.7. The molecule has 52 heavy (non-hydrogen) atoms. The van der Waals surface area contributed by atoms with Crippen LogP contribution in [0.5, 0.6) is 0 Å². The molecule has 0 aliphatic heterocycles. The van der Waals surface area contributed by atoms with Crippen LogP contribution in [-0.2, 0) is 0 Å². The molecule has 0 amide bonds. The summed E-state index contributed by atoms with van der Waals surface area (Å²) in [7, 11) is 0. The highest BCUT2D eigenvalue weighted by Gasteiger charge is 2.22. The molecule has 0 aliphatic rings. The number of para-hydroxylation sites is 6. The van der Waals surface area contributed by atoms with Gasteiger partial charge in [0.05, 0.1) is 33.4 Å². The minimum Gasteiger partial charge on any atom is -0.456 e. The van der Waals surface area contributed by atoms with Crippen molar-refractivity contribution in [1.29, 1.82) is 0 Å². The maximum absolute atomic E-state index is 6.37. The average molecular weight is 665 g/mol. The number of benzene rings is 8. The number of furan rings is 2. The van der Waals surface area contributed by atoms with Gasteiger partial charge in [-0.1, -0.05) is 109 Å². The lowest BCUT2D eigenvalue weighted by atomic mass is 10.0. The van der Waals surface area contributed by atoms with Gasteiger partial charge in [0.25, 0.3) is 0 Å². The van der Waals surface area contributed by atoms with Crippen LogP contribution in [0.1, 0.15) is 0 Å². The first-order valence-corrected chi connectivity index (χ1v) is 17.7. The van der Waals surface area contributed by atoms with Gasteiger partial charge < -0.3 is 18.0 Å². The van der Waals surface area contributed by atoms with Crippen molar-refractivity contribution < 1.29 is 8.83 Å². The molecule has 4 heterocycles. The zero-order valence-corrected chi connectivity index (χ0v) is 27.9. The lowest BCUT2D eigenvalue weighted by Gasteiger charge is -2.18. The lowest BCUT2D eigenvalue weighted by Crippen LogP contribution is -2.01. The van der Waals surface area contributed by atoms with Crippen LogP contribution in [-0.4, -0.2) is 9.13 Å². The minimum atomic E-state index is 0.904. The summed E-state index contributed by atoms with van der Waals surface area (Å²) in [6, 6.07) is 60.7. The Balaban J connectivity index is 1.17. The average Bonchev–Trinajstić information content (AvgIpc) is 3.93. The summed E-state index contributed by atoms with van der Waals surface area (Å²) >= 11 is 0. The molecule has 0 bridgehead atoms. The molecule has 8 aromatic carbocycles. The van der Waals surface area contributed by atoms with Gasteiger partial charge in [-0.25, -0.2) is 0 Å². The fourth-order valence-electron chi connectivity index (χ4n) is 8.69. The monoisotopic (exact) mass is 664 g/mol. The fourth-order valence-corrected chi connectivity index (χ4v) is 8.69. The molecule has 0 aliphatic carbocycles. The van der Waals surface area contributed by atoms with E-state index in [-0.39, 0.29) is 0 Å². The molecule has 12 aromatic rings. The van der Waals surface area contributed by atoms with E-state index in [9.17, 15) is 0 Å². The summed E-state index contributed by atoms with van der Waals surface area (Å²) in [6.45, 7) is 0. The first-order chi connectivity index (χ1) is 25.8. The van der Waals surface area contributed by atoms with Gasteiger partial charge in [0.2, 0.25) is 0 Å². The summed E-state index contributed by atoms with van der Waals surface area (Å²) in [5.41, 5.74) is 12.8. The molecule has 12 rings (SSSR count). The van der Waals surface area contributed by atoms with Gasteiger partial charge in [-0.3, -0.25) is 0 Å². The highest BCUT2D eigenvalue weighted by molar-refractivity contribution is 6.19. The first kappa shape index (κ1) is 27.7. The second kappa shape index (κ2) is 10.3. The molecule has 4 aromatic heterocycles.